The Balaban J connectivity index is 2.31. The largest absolute Gasteiger partial charge is 0.496 e. The van der Waals surface area contributed by atoms with Crippen molar-refractivity contribution in [1.29, 1.82) is 0 Å². The minimum atomic E-state index is 0.0743. The molecule has 0 radical (unpaired) electrons. The molecule has 0 aliphatic heterocycles. The van der Waals surface area contributed by atoms with E-state index in [1.54, 1.807) is 30.2 Å². The fourth-order valence-corrected chi connectivity index (χ4v) is 3.96. The van der Waals surface area contributed by atoms with Crippen LogP contribution in [0.1, 0.15) is 24.2 Å². The lowest BCUT2D eigenvalue weighted by Gasteiger charge is -2.23. The molecule has 0 saturated carbocycles. The molecule has 0 spiro atoms. The quantitative estimate of drug-likeness (QED) is 0.825. The first-order valence-corrected chi connectivity index (χ1v) is 7.96. The van der Waals surface area contributed by atoms with Gasteiger partial charge < -0.3 is 10.5 Å². The average molecular weight is 294 g/mol. The molecule has 19 heavy (non-hydrogen) atoms. The summed E-state index contributed by atoms with van der Waals surface area (Å²) in [5.41, 5.74) is 7.43. The van der Waals surface area contributed by atoms with Gasteiger partial charge in [-0.25, -0.2) is 4.98 Å². The lowest BCUT2D eigenvalue weighted by molar-refractivity contribution is 0.407. The van der Waals surface area contributed by atoms with Crippen LogP contribution >= 0.6 is 23.1 Å². The van der Waals surface area contributed by atoms with Gasteiger partial charge in [-0.05, 0) is 12.5 Å². The smallest absolute Gasteiger partial charge is 0.150 e. The monoisotopic (exact) mass is 294 g/mol. The molecule has 1 heterocycles. The second-order valence-corrected chi connectivity index (χ2v) is 6.43. The van der Waals surface area contributed by atoms with Crippen LogP contribution in [0.15, 0.2) is 40.2 Å². The van der Waals surface area contributed by atoms with Gasteiger partial charge in [-0.1, -0.05) is 36.9 Å². The van der Waals surface area contributed by atoms with Crippen LogP contribution in [0.5, 0.6) is 5.75 Å². The Morgan fingerprint density at radius 3 is 2.84 bits per heavy atom. The van der Waals surface area contributed by atoms with Crippen LogP contribution < -0.4 is 10.5 Å². The van der Waals surface area contributed by atoms with Crippen molar-refractivity contribution in [2.45, 2.75) is 29.0 Å². The van der Waals surface area contributed by atoms with Gasteiger partial charge in [-0.2, -0.15) is 0 Å². The van der Waals surface area contributed by atoms with Gasteiger partial charge in [0.2, 0.25) is 0 Å². The summed E-state index contributed by atoms with van der Waals surface area (Å²) in [4.78, 5) is 4.34. The zero-order valence-electron chi connectivity index (χ0n) is 11.1. The van der Waals surface area contributed by atoms with Crippen molar-refractivity contribution in [3.63, 3.8) is 0 Å². The number of benzene rings is 1. The number of hydrogen-bond acceptors (Lipinski definition) is 5. The predicted molar refractivity (Wildman–Crippen MR) is 82.0 cm³/mol. The topological polar surface area (TPSA) is 48.1 Å². The van der Waals surface area contributed by atoms with Gasteiger partial charge in [0, 0.05) is 23.2 Å². The van der Waals surface area contributed by atoms with Crippen LogP contribution in [-0.4, -0.2) is 18.1 Å². The number of aromatic nitrogens is 1. The maximum atomic E-state index is 6.29. The molecule has 0 amide bonds. The van der Waals surface area contributed by atoms with Gasteiger partial charge in [0.05, 0.1) is 12.4 Å². The van der Waals surface area contributed by atoms with E-state index in [4.69, 9.17) is 10.5 Å². The second kappa shape index (κ2) is 6.93. The summed E-state index contributed by atoms with van der Waals surface area (Å²) in [5, 5.41) is 2.14. The van der Waals surface area contributed by atoms with E-state index in [0.717, 1.165) is 22.1 Å². The Morgan fingerprint density at radius 1 is 1.42 bits per heavy atom. The first kappa shape index (κ1) is 14.4. The third-order valence-corrected chi connectivity index (χ3v) is 5.25. The molecule has 0 aliphatic rings. The Labute approximate surface area is 122 Å². The normalized spacial score (nSPS) is 14.1. The number of nitrogens with two attached hydrogens (primary N) is 1. The number of hydrogen-bond donors (Lipinski definition) is 1. The molecule has 3 nitrogen and oxygen atoms in total. The van der Waals surface area contributed by atoms with E-state index in [0.29, 0.717) is 0 Å². The van der Waals surface area contributed by atoms with E-state index >= 15 is 0 Å². The Hall–Kier alpha value is -1.04. The molecule has 0 bridgehead atoms. The van der Waals surface area contributed by atoms with Crippen molar-refractivity contribution in [3.05, 3.63) is 41.4 Å². The zero-order valence-corrected chi connectivity index (χ0v) is 12.7. The van der Waals surface area contributed by atoms with E-state index in [2.05, 4.69) is 18.0 Å². The first-order valence-electron chi connectivity index (χ1n) is 6.21. The van der Waals surface area contributed by atoms with Gasteiger partial charge in [0.25, 0.3) is 0 Å². The summed E-state index contributed by atoms with van der Waals surface area (Å²) < 4.78 is 6.50. The number of methoxy groups -OCH3 is 1. The molecule has 2 aromatic rings. The Kier molecular flexibility index (Phi) is 5.24. The minimum Gasteiger partial charge on any atom is -0.496 e. The number of para-hydroxylation sites is 1. The van der Waals surface area contributed by atoms with Gasteiger partial charge in [0.1, 0.15) is 10.1 Å². The van der Waals surface area contributed by atoms with Gasteiger partial charge in [0.15, 0.2) is 0 Å². The van der Waals surface area contributed by atoms with E-state index in [9.17, 15) is 0 Å². The molecule has 0 aliphatic carbocycles. The molecular formula is C14H18N2OS2. The Bertz CT molecular complexity index is 502. The molecule has 102 valence electrons. The SMILES string of the molecule is CCC(N)C(Sc1nccs1)c1ccccc1OC. The predicted octanol–water partition coefficient (Wildman–Crippen LogP) is 3.72. The van der Waals surface area contributed by atoms with Crippen molar-refractivity contribution in [2.24, 2.45) is 5.73 Å². The zero-order chi connectivity index (χ0) is 13.7. The van der Waals surface area contributed by atoms with Gasteiger partial charge in [-0.15, -0.1) is 11.3 Å². The number of rotatable bonds is 6. The van der Waals surface area contributed by atoms with E-state index in [-0.39, 0.29) is 11.3 Å². The van der Waals surface area contributed by atoms with Gasteiger partial charge >= 0.3 is 0 Å². The highest BCUT2D eigenvalue weighted by molar-refractivity contribution is 8.01. The van der Waals surface area contributed by atoms with Crippen LogP contribution in [0, 0.1) is 0 Å². The lowest BCUT2D eigenvalue weighted by Crippen LogP contribution is -2.26. The third-order valence-electron chi connectivity index (χ3n) is 2.94. The minimum absolute atomic E-state index is 0.0743. The molecule has 1 aromatic carbocycles. The molecule has 2 atom stereocenters. The van der Waals surface area contributed by atoms with Crippen LogP contribution in [0.25, 0.3) is 0 Å². The van der Waals surface area contributed by atoms with E-state index < -0.39 is 0 Å². The van der Waals surface area contributed by atoms with E-state index in [1.165, 1.54) is 0 Å². The third kappa shape index (κ3) is 3.49. The molecule has 0 fully saturated rings. The van der Waals surface area contributed by atoms with Crippen molar-refractivity contribution < 1.29 is 4.74 Å². The Morgan fingerprint density at radius 2 is 2.21 bits per heavy atom. The summed E-state index contributed by atoms with van der Waals surface area (Å²) in [6.07, 6.45) is 2.74. The lowest BCUT2D eigenvalue weighted by atomic mass is 10.0. The van der Waals surface area contributed by atoms with Crippen molar-refractivity contribution in [3.8, 4) is 5.75 Å². The highest BCUT2D eigenvalue weighted by Crippen LogP contribution is 2.42. The number of thiazole rings is 1. The molecule has 2 N–H and O–H groups in total. The summed E-state index contributed by atoms with van der Waals surface area (Å²) >= 11 is 3.36. The van der Waals surface area contributed by atoms with Crippen LogP contribution in [0.4, 0.5) is 0 Å². The number of ether oxygens (including phenoxy) is 1. The second-order valence-electron chi connectivity index (χ2n) is 4.15. The molecule has 2 unspecified atom stereocenters. The van der Waals surface area contributed by atoms with Crippen molar-refractivity contribution >= 4 is 23.1 Å². The average Bonchev–Trinajstić information content (AvgIpc) is 2.97. The van der Waals surface area contributed by atoms with Crippen LogP contribution in [-0.2, 0) is 0 Å². The van der Waals surface area contributed by atoms with E-state index in [1.807, 2.05) is 29.8 Å². The van der Waals surface area contributed by atoms with Crippen LogP contribution in [0.2, 0.25) is 0 Å². The number of thioether (sulfide) groups is 1. The van der Waals surface area contributed by atoms with Crippen LogP contribution in [0.3, 0.4) is 0 Å². The molecule has 2 rings (SSSR count). The maximum Gasteiger partial charge on any atom is 0.150 e. The number of nitrogens with zero attached hydrogens (tertiary/aromatic N) is 1. The molecule has 1 aromatic heterocycles. The van der Waals surface area contributed by atoms with Crippen molar-refractivity contribution in [2.75, 3.05) is 7.11 Å². The highest BCUT2D eigenvalue weighted by atomic mass is 32.2. The first-order chi connectivity index (χ1) is 9.26. The van der Waals surface area contributed by atoms with Crippen molar-refractivity contribution in [1.82, 2.24) is 4.98 Å². The fraction of sp³-hybridized carbons (Fsp3) is 0.357. The summed E-state index contributed by atoms with van der Waals surface area (Å²) in [6, 6.07) is 8.14. The van der Waals surface area contributed by atoms with Gasteiger partial charge in [-0.3, -0.25) is 0 Å². The summed E-state index contributed by atoms with van der Waals surface area (Å²) in [5.74, 6) is 0.889. The molecular weight excluding hydrogens is 276 g/mol. The standard InChI is InChI=1S/C14H18N2OS2/c1-3-11(15)13(19-14-16-8-9-18-14)10-6-4-5-7-12(10)17-2/h4-9,11,13H,3,15H2,1-2H3. The molecule has 5 heteroatoms. The maximum absolute atomic E-state index is 6.29. The highest BCUT2D eigenvalue weighted by Gasteiger charge is 2.23. The fourth-order valence-electron chi connectivity index (χ4n) is 1.87. The molecule has 0 saturated heterocycles. The summed E-state index contributed by atoms with van der Waals surface area (Å²) in [6.45, 7) is 2.11. The summed E-state index contributed by atoms with van der Waals surface area (Å²) in [7, 11) is 1.70.